The van der Waals surface area contributed by atoms with Crippen LogP contribution in [0, 0.1) is 17.2 Å². The van der Waals surface area contributed by atoms with Crippen LogP contribution in [0.15, 0.2) is 36.5 Å². The van der Waals surface area contributed by atoms with Crippen LogP contribution in [-0.2, 0) is 10.3 Å². The van der Waals surface area contributed by atoms with E-state index in [0.717, 1.165) is 5.69 Å². The molecule has 1 aliphatic heterocycles. The van der Waals surface area contributed by atoms with Crippen LogP contribution in [0.5, 0.6) is 0 Å². The molecule has 3 rings (SSSR count). The number of nitrogens with zero attached hydrogens (tertiary/aromatic N) is 4. The SMILES string of the molecule is C[C@H]1CN(C(=O)OC(C)(C)C)CC[C@]1(CC#N)n1cc(C(N)=O)c(Nc2ccccc2)n1. The van der Waals surface area contributed by atoms with Crippen molar-refractivity contribution in [3.8, 4) is 6.07 Å². The zero-order chi connectivity index (χ0) is 23.5. The number of nitrogens with two attached hydrogens (primary N) is 1. The third-order valence-corrected chi connectivity index (χ3v) is 5.74. The number of carbonyl (C=O) groups is 2. The third-order valence-electron chi connectivity index (χ3n) is 5.74. The summed E-state index contributed by atoms with van der Waals surface area (Å²) in [6, 6.07) is 11.6. The molecule has 1 saturated heterocycles. The molecule has 170 valence electrons. The van der Waals surface area contributed by atoms with Gasteiger partial charge in [0.15, 0.2) is 5.82 Å². The van der Waals surface area contributed by atoms with E-state index in [2.05, 4.69) is 16.5 Å². The van der Waals surface area contributed by atoms with Gasteiger partial charge in [-0.25, -0.2) is 4.79 Å². The predicted molar refractivity (Wildman–Crippen MR) is 120 cm³/mol. The average Bonchev–Trinajstić information content (AvgIpc) is 3.13. The van der Waals surface area contributed by atoms with Gasteiger partial charge >= 0.3 is 6.09 Å². The number of hydrogen-bond acceptors (Lipinski definition) is 6. The molecule has 0 spiro atoms. The lowest BCUT2D eigenvalue weighted by molar-refractivity contribution is -0.00458. The van der Waals surface area contributed by atoms with Crippen LogP contribution in [0.1, 0.15) is 50.9 Å². The monoisotopic (exact) mass is 438 g/mol. The molecule has 9 nitrogen and oxygen atoms in total. The molecule has 0 radical (unpaired) electrons. The van der Waals surface area contributed by atoms with Crippen LogP contribution < -0.4 is 11.1 Å². The van der Waals surface area contributed by atoms with Crippen LogP contribution in [0.2, 0.25) is 0 Å². The number of anilines is 2. The van der Waals surface area contributed by atoms with Crippen LogP contribution in [0.3, 0.4) is 0 Å². The maximum absolute atomic E-state index is 12.6. The van der Waals surface area contributed by atoms with E-state index in [0.29, 0.717) is 25.3 Å². The van der Waals surface area contributed by atoms with Crippen LogP contribution in [0.25, 0.3) is 0 Å². The van der Waals surface area contributed by atoms with Gasteiger partial charge in [0.05, 0.1) is 18.0 Å². The summed E-state index contributed by atoms with van der Waals surface area (Å²) in [6.07, 6.45) is 1.90. The second kappa shape index (κ2) is 8.91. The number of hydrogen-bond donors (Lipinski definition) is 2. The summed E-state index contributed by atoms with van der Waals surface area (Å²) in [5, 5.41) is 17.4. The Morgan fingerprint density at radius 1 is 1.34 bits per heavy atom. The summed E-state index contributed by atoms with van der Waals surface area (Å²) in [5.74, 6) is -0.392. The molecule has 1 fully saturated rings. The van der Waals surface area contributed by atoms with E-state index in [4.69, 9.17) is 10.5 Å². The molecule has 1 aromatic carbocycles. The molecule has 1 aromatic heterocycles. The van der Waals surface area contributed by atoms with Gasteiger partial charge in [-0.3, -0.25) is 9.48 Å². The van der Waals surface area contributed by atoms with Gasteiger partial charge < -0.3 is 20.7 Å². The molecule has 0 aliphatic carbocycles. The summed E-state index contributed by atoms with van der Waals surface area (Å²) in [4.78, 5) is 26.3. The van der Waals surface area contributed by atoms with Gasteiger partial charge in [-0.1, -0.05) is 25.1 Å². The first-order chi connectivity index (χ1) is 15.1. The van der Waals surface area contributed by atoms with E-state index in [1.54, 1.807) is 15.8 Å². The number of ether oxygens (including phenoxy) is 1. The normalized spacial score (nSPS) is 21.0. The number of carbonyl (C=O) groups excluding carboxylic acids is 2. The molecule has 2 atom stereocenters. The minimum atomic E-state index is -0.686. The summed E-state index contributed by atoms with van der Waals surface area (Å²) in [5.41, 5.74) is 5.35. The number of benzene rings is 1. The van der Waals surface area contributed by atoms with Crippen molar-refractivity contribution in [1.82, 2.24) is 14.7 Å². The lowest BCUT2D eigenvalue weighted by atomic mass is 9.77. The van der Waals surface area contributed by atoms with E-state index in [-0.39, 0.29) is 24.0 Å². The van der Waals surface area contributed by atoms with E-state index < -0.39 is 17.0 Å². The fourth-order valence-electron chi connectivity index (χ4n) is 4.01. The van der Waals surface area contributed by atoms with Crippen molar-refractivity contribution in [3.63, 3.8) is 0 Å². The second-order valence-electron chi connectivity index (χ2n) is 9.21. The summed E-state index contributed by atoms with van der Waals surface area (Å²) in [6.45, 7) is 8.28. The molecule has 3 N–H and O–H groups in total. The van der Waals surface area contributed by atoms with Crippen LogP contribution in [0.4, 0.5) is 16.3 Å². The molecule has 2 aromatic rings. The van der Waals surface area contributed by atoms with Crippen molar-refractivity contribution in [2.75, 3.05) is 18.4 Å². The maximum Gasteiger partial charge on any atom is 0.410 e. The van der Waals surface area contributed by atoms with Gasteiger partial charge in [0, 0.05) is 30.9 Å². The highest BCUT2D eigenvalue weighted by molar-refractivity contribution is 5.98. The number of rotatable bonds is 5. The highest BCUT2D eigenvalue weighted by Gasteiger charge is 2.45. The summed E-state index contributed by atoms with van der Waals surface area (Å²) >= 11 is 0. The minimum absolute atomic E-state index is 0.117. The minimum Gasteiger partial charge on any atom is -0.444 e. The number of nitrogens with one attached hydrogen (secondary N) is 1. The topological polar surface area (TPSA) is 126 Å². The highest BCUT2D eigenvalue weighted by Crippen LogP contribution is 2.39. The zero-order valence-electron chi connectivity index (χ0n) is 19.0. The number of amides is 2. The molecule has 2 amide bonds. The van der Waals surface area contributed by atoms with Crippen molar-refractivity contribution >= 4 is 23.5 Å². The van der Waals surface area contributed by atoms with Gasteiger partial charge in [0.1, 0.15) is 11.2 Å². The van der Waals surface area contributed by atoms with Gasteiger partial charge in [-0.05, 0) is 39.3 Å². The first-order valence-corrected chi connectivity index (χ1v) is 10.6. The quantitative estimate of drug-likeness (QED) is 0.734. The largest absolute Gasteiger partial charge is 0.444 e. The number of primary amides is 1. The first-order valence-electron chi connectivity index (χ1n) is 10.6. The fraction of sp³-hybridized carbons (Fsp3) is 0.478. The number of nitriles is 1. The number of aromatic nitrogens is 2. The van der Waals surface area contributed by atoms with Crippen molar-refractivity contribution in [1.29, 1.82) is 5.26 Å². The van der Waals surface area contributed by atoms with E-state index >= 15 is 0 Å². The summed E-state index contributed by atoms with van der Waals surface area (Å²) in [7, 11) is 0. The Balaban J connectivity index is 1.91. The molecular formula is C23H30N6O3. The Bertz CT molecular complexity index is 1020. The Hall–Kier alpha value is -3.54. The van der Waals surface area contributed by atoms with Crippen LogP contribution >= 0.6 is 0 Å². The Morgan fingerprint density at radius 2 is 2.03 bits per heavy atom. The molecule has 2 heterocycles. The molecule has 0 saturated carbocycles. The second-order valence-corrected chi connectivity index (χ2v) is 9.21. The number of para-hydroxylation sites is 1. The molecule has 0 unspecified atom stereocenters. The van der Waals surface area contributed by atoms with Gasteiger partial charge in [-0.2, -0.15) is 10.4 Å². The van der Waals surface area contributed by atoms with Crippen molar-refractivity contribution in [2.24, 2.45) is 11.7 Å². The lowest BCUT2D eigenvalue weighted by Gasteiger charge is -2.45. The zero-order valence-corrected chi connectivity index (χ0v) is 19.0. The predicted octanol–water partition coefficient (Wildman–Crippen LogP) is 3.61. The third kappa shape index (κ3) is 4.85. The number of likely N-dealkylation sites (tertiary alicyclic amines) is 1. The number of piperidine rings is 1. The smallest absolute Gasteiger partial charge is 0.410 e. The van der Waals surface area contributed by atoms with E-state index in [1.165, 1.54) is 0 Å². The van der Waals surface area contributed by atoms with Crippen molar-refractivity contribution in [3.05, 3.63) is 42.1 Å². The molecule has 0 bridgehead atoms. The average molecular weight is 439 g/mol. The standard InChI is InChI=1S/C23H30N6O3/c1-16-14-28(21(31)32-22(2,3)4)13-11-23(16,10-12-24)29-15-18(19(25)30)20(27-29)26-17-8-6-5-7-9-17/h5-9,15-16H,10-11,13-14H2,1-4H3,(H2,25,30)(H,26,27)/t16-,23-/m0/s1. The van der Waals surface area contributed by atoms with Gasteiger partial charge in [-0.15, -0.1) is 0 Å². The highest BCUT2D eigenvalue weighted by atomic mass is 16.6. The Kier molecular flexibility index (Phi) is 6.44. The summed E-state index contributed by atoms with van der Waals surface area (Å²) < 4.78 is 7.19. The molecule has 1 aliphatic rings. The van der Waals surface area contributed by atoms with Gasteiger partial charge in [0.25, 0.3) is 5.91 Å². The van der Waals surface area contributed by atoms with Crippen LogP contribution in [-0.4, -0.2) is 45.4 Å². The molecular weight excluding hydrogens is 408 g/mol. The van der Waals surface area contributed by atoms with E-state index in [1.807, 2.05) is 58.0 Å². The molecule has 32 heavy (non-hydrogen) atoms. The Morgan fingerprint density at radius 3 is 2.59 bits per heavy atom. The van der Waals surface area contributed by atoms with Crippen molar-refractivity contribution in [2.45, 2.75) is 51.7 Å². The van der Waals surface area contributed by atoms with Gasteiger partial charge in [0.2, 0.25) is 0 Å². The van der Waals surface area contributed by atoms with Crippen molar-refractivity contribution < 1.29 is 14.3 Å². The Labute approximate surface area is 188 Å². The fourth-order valence-corrected chi connectivity index (χ4v) is 4.01. The maximum atomic E-state index is 12.6. The van der Waals surface area contributed by atoms with E-state index in [9.17, 15) is 14.9 Å². The first kappa shape index (κ1) is 23.1. The lowest BCUT2D eigenvalue weighted by Crippen LogP contribution is -2.54. The molecule has 9 heteroatoms.